The Bertz CT molecular complexity index is 1430. The maximum Gasteiger partial charge on any atom is 0.234 e. The van der Waals surface area contributed by atoms with Crippen LogP contribution in [0.15, 0.2) is 35.4 Å². The number of nitrogens with zero attached hydrogens (tertiary/aromatic N) is 3. The van der Waals surface area contributed by atoms with E-state index < -0.39 is 0 Å². The molecule has 0 atom stereocenters. The van der Waals surface area contributed by atoms with Crippen molar-refractivity contribution in [3.63, 3.8) is 0 Å². The molecule has 1 amide bonds. The second kappa shape index (κ2) is 12.1. The molecule has 0 aliphatic carbocycles. The van der Waals surface area contributed by atoms with Crippen LogP contribution >= 0.6 is 35.0 Å². The predicted molar refractivity (Wildman–Crippen MR) is 150 cm³/mol. The van der Waals surface area contributed by atoms with Gasteiger partial charge in [-0.1, -0.05) is 35.0 Å². The molecule has 38 heavy (non-hydrogen) atoms. The van der Waals surface area contributed by atoms with Crippen molar-refractivity contribution >= 4 is 46.6 Å². The molecule has 3 aromatic rings. The Morgan fingerprint density at radius 2 is 1.82 bits per heavy atom. The number of hydrogen-bond acceptors (Lipinski definition) is 8. The molecule has 1 aliphatic rings. The van der Waals surface area contributed by atoms with Crippen molar-refractivity contribution < 1.29 is 19.0 Å². The van der Waals surface area contributed by atoms with Crippen molar-refractivity contribution in [1.29, 1.82) is 5.26 Å². The number of nitrogens with one attached hydrogen (secondary N) is 1. The zero-order valence-corrected chi connectivity index (χ0v) is 23.7. The van der Waals surface area contributed by atoms with E-state index in [2.05, 4.69) is 16.3 Å². The van der Waals surface area contributed by atoms with Gasteiger partial charge in [0.25, 0.3) is 0 Å². The molecule has 0 saturated carbocycles. The van der Waals surface area contributed by atoms with Gasteiger partial charge < -0.3 is 24.4 Å². The van der Waals surface area contributed by atoms with Crippen LogP contribution in [0.5, 0.6) is 17.2 Å². The smallest absolute Gasteiger partial charge is 0.234 e. The highest BCUT2D eigenvalue weighted by Gasteiger charge is 2.28. The molecule has 1 N–H and O–H groups in total. The largest absolute Gasteiger partial charge is 0.496 e. The number of carbonyl (C=O) groups is 1. The molecule has 2 aromatic carbocycles. The SMILES string of the molecule is COc1cc(OC)c(-c2c(C#N)c(SCC(=O)Nc3ccc(Cl)c(Cl)c3)nc3c2CN(C)CC3)cc1OC. The maximum absolute atomic E-state index is 12.7. The lowest BCUT2D eigenvalue weighted by Crippen LogP contribution is -2.28. The average molecular weight is 574 g/mol. The molecule has 0 bridgehead atoms. The molecule has 2 heterocycles. The first-order valence-corrected chi connectivity index (χ1v) is 13.4. The number of thioether (sulfide) groups is 1. The van der Waals surface area contributed by atoms with Crippen LogP contribution in [0.3, 0.4) is 0 Å². The monoisotopic (exact) mass is 572 g/mol. The number of halogens is 2. The van der Waals surface area contributed by atoms with Crippen LogP contribution in [-0.2, 0) is 17.8 Å². The van der Waals surface area contributed by atoms with Crippen LogP contribution in [0.1, 0.15) is 16.8 Å². The second-order valence-corrected chi connectivity index (χ2v) is 10.3. The number of nitriles is 1. The standard InChI is InChI=1S/C27H26Cl2N4O4S/c1-33-8-7-21-18(13-33)26(16-10-23(36-3)24(37-4)11-22(16)35-2)17(12-30)27(32-21)38-14-25(34)31-15-5-6-19(28)20(29)9-15/h5-6,9-11H,7-8,13-14H2,1-4H3,(H,31,34). The number of carbonyl (C=O) groups excluding carboxylic acids is 1. The van der Waals surface area contributed by atoms with Crippen LogP contribution in [0, 0.1) is 11.3 Å². The Morgan fingerprint density at radius 1 is 1.11 bits per heavy atom. The molecule has 4 rings (SSSR count). The Balaban J connectivity index is 1.76. The number of ether oxygens (including phenoxy) is 3. The van der Waals surface area contributed by atoms with E-state index in [0.29, 0.717) is 67.7 Å². The first-order valence-electron chi connectivity index (χ1n) is 11.6. The van der Waals surface area contributed by atoms with E-state index in [1.54, 1.807) is 45.6 Å². The molecule has 8 nitrogen and oxygen atoms in total. The van der Waals surface area contributed by atoms with Crippen molar-refractivity contribution in [2.45, 2.75) is 18.0 Å². The number of hydrogen-bond donors (Lipinski definition) is 1. The number of fused-ring (bicyclic) bond motifs is 1. The number of methoxy groups -OCH3 is 3. The summed E-state index contributed by atoms with van der Waals surface area (Å²) in [5.74, 6) is 1.34. The van der Waals surface area contributed by atoms with E-state index in [0.717, 1.165) is 17.8 Å². The summed E-state index contributed by atoms with van der Waals surface area (Å²) < 4.78 is 16.7. The van der Waals surface area contributed by atoms with Gasteiger partial charge in [-0.3, -0.25) is 4.79 Å². The molecule has 198 valence electrons. The van der Waals surface area contributed by atoms with Crippen LogP contribution in [-0.4, -0.2) is 56.5 Å². The third-order valence-corrected chi connectivity index (χ3v) is 7.85. The van der Waals surface area contributed by atoms with Gasteiger partial charge in [-0.25, -0.2) is 4.98 Å². The number of rotatable bonds is 8. The molecule has 0 fully saturated rings. The molecule has 0 radical (unpaired) electrons. The first-order chi connectivity index (χ1) is 18.3. The fourth-order valence-corrected chi connectivity index (χ4v) is 5.41. The molecule has 0 spiro atoms. The van der Waals surface area contributed by atoms with Gasteiger partial charge in [-0.2, -0.15) is 5.26 Å². The normalized spacial score (nSPS) is 12.9. The number of amides is 1. The van der Waals surface area contributed by atoms with Crippen molar-refractivity contribution in [2.24, 2.45) is 0 Å². The summed E-state index contributed by atoms with van der Waals surface area (Å²) in [6.07, 6.45) is 0.711. The summed E-state index contributed by atoms with van der Waals surface area (Å²) in [7, 11) is 6.71. The van der Waals surface area contributed by atoms with Gasteiger partial charge in [0.15, 0.2) is 11.5 Å². The van der Waals surface area contributed by atoms with Crippen molar-refractivity contribution in [2.75, 3.05) is 46.0 Å². The van der Waals surface area contributed by atoms with E-state index in [-0.39, 0.29) is 11.7 Å². The summed E-state index contributed by atoms with van der Waals surface area (Å²) in [6.45, 7) is 1.45. The second-order valence-electron chi connectivity index (χ2n) is 8.57. The van der Waals surface area contributed by atoms with Crippen LogP contribution in [0.25, 0.3) is 11.1 Å². The Morgan fingerprint density at radius 3 is 2.47 bits per heavy atom. The summed E-state index contributed by atoms with van der Waals surface area (Å²) in [5.41, 5.74) is 4.15. The van der Waals surface area contributed by atoms with Crippen LogP contribution in [0.2, 0.25) is 10.0 Å². The third kappa shape index (κ3) is 5.79. The molecule has 11 heteroatoms. The summed E-state index contributed by atoms with van der Waals surface area (Å²) >= 11 is 13.2. The minimum absolute atomic E-state index is 0.0448. The van der Waals surface area contributed by atoms with Crippen LogP contribution in [0.4, 0.5) is 5.69 Å². The number of benzene rings is 2. The lowest BCUT2D eigenvalue weighted by molar-refractivity contribution is -0.113. The average Bonchev–Trinajstić information content (AvgIpc) is 2.92. The Hall–Kier alpha value is -3.16. The number of anilines is 1. The lowest BCUT2D eigenvalue weighted by atomic mass is 9.91. The van der Waals surface area contributed by atoms with Crippen LogP contribution < -0.4 is 19.5 Å². The molecule has 0 saturated heterocycles. The first kappa shape index (κ1) is 27.9. The van der Waals surface area contributed by atoms with E-state index in [9.17, 15) is 10.1 Å². The van der Waals surface area contributed by atoms with E-state index in [4.69, 9.17) is 42.4 Å². The number of likely N-dealkylation sites (N-methyl/N-ethyl adjacent to an activating group) is 1. The summed E-state index contributed by atoms with van der Waals surface area (Å²) in [5, 5.41) is 14.4. The highest BCUT2D eigenvalue weighted by atomic mass is 35.5. The minimum atomic E-state index is -0.262. The van der Waals surface area contributed by atoms with E-state index in [1.807, 2.05) is 13.1 Å². The zero-order valence-electron chi connectivity index (χ0n) is 21.4. The third-order valence-electron chi connectivity index (χ3n) is 6.14. The fourth-order valence-electron chi connectivity index (χ4n) is 4.31. The molecular formula is C27H26Cl2N4O4S. The lowest BCUT2D eigenvalue weighted by Gasteiger charge is -2.28. The molecular weight excluding hydrogens is 547 g/mol. The number of pyridine rings is 1. The van der Waals surface area contributed by atoms with Gasteiger partial charge in [0, 0.05) is 48.1 Å². The maximum atomic E-state index is 12.7. The van der Waals surface area contributed by atoms with Gasteiger partial charge in [-0.15, -0.1) is 0 Å². The highest BCUT2D eigenvalue weighted by molar-refractivity contribution is 8.00. The van der Waals surface area contributed by atoms with Gasteiger partial charge in [0.05, 0.1) is 42.7 Å². The molecule has 0 unspecified atom stereocenters. The van der Waals surface area contributed by atoms with Gasteiger partial charge in [-0.05, 0) is 36.9 Å². The van der Waals surface area contributed by atoms with E-state index >= 15 is 0 Å². The zero-order chi connectivity index (χ0) is 27.4. The Labute approximate surface area is 235 Å². The highest BCUT2D eigenvalue weighted by Crippen LogP contribution is 2.45. The quantitative estimate of drug-likeness (QED) is 0.345. The topological polar surface area (TPSA) is 96.7 Å². The Kier molecular flexibility index (Phi) is 8.90. The minimum Gasteiger partial charge on any atom is -0.496 e. The van der Waals surface area contributed by atoms with E-state index in [1.165, 1.54) is 11.8 Å². The molecule has 1 aromatic heterocycles. The predicted octanol–water partition coefficient (Wildman–Crippen LogP) is 5.67. The van der Waals surface area contributed by atoms with Crippen molar-refractivity contribution in [3.8, 4) is 34.4 Å². The van der Waals surface area contributed by atoms with Gasteiger partial charge >= 0.3 is 0 Å². The molecule has 1 aliphatic heterocycles. The number of aromatic nitrogens is 1. The summed E-state index contributed by atoms with van der Waals surface area (Å²) in [4.78, 5) is 19.8. The fraction of sp³-hybridized carbons (Fsp3) is 0.296. The van der Waals surface area contributed by atoms with Crippen molar-refractivity contribution in [1.82, 2.24) is 9.88 Å². The van der Waals surface area contributed by atoms with Crippen molar-refractivity contribution in [3.05, 3.63) is 57.2 Å². The van der Waals surface area contributed by atoms with Gasteiger partial charge in [0.1, 0.15) is 16.8 Å². The van der Waals surface area contributed by atoms with Gasteiger partial charge in [0.2, 0.25) is 5.91 Å². The summed E-state index contributed by atoms with van der Waals surface area (Å²) in [6, 6.07) is 10.8.